The highest BCUT2D eigenvalue weighted by molar-refractivity contribution is 7.11. The molecule has 0 aliphatic carbocycles. The van der Waals surface area contributed by atoms with Gasteiger partial charge in [0.25, 0.3) is 5.91 Å². The molecule has 23 heavy (non-hydrogen) atoms. The summed E-state index contributed by atoms with van der Waals surface area (Å²) < 4.78 is 0. The van der Waals surface area contributed by atoms with E-state index < -0.39 is 0 Å². The molecule has 1 aromatic carbocycles. The highest BCUT2D eigenvalue weighted by atomic mass is 32.1. The quantitative estimate of drug-likeness (QED) is 0.712. The smallest absolute Gasteiger partial charge is 0.257 e. The van der Waals surface area contributed by atoms with Crippen LogP contribution < -0.4 is 5.32 Å². The van der Waals surface area contributed by atoms with Gasteiger partial charge in [0.2, 0.25) is 0 Å². The lowest BCUT2D eigenvalue weighted by atomic mass is 10.1. The van der Waals surface area contributed by atoms with Gasteiger partial charge in [-0.25, -0.2) is 0 Å². The van der Waals surface area contributed by atoms with E-state index in [-0.39, 0.29) is 5.91 Å². The van der Waals surface area contributed by atoms with Crippen LogP contribution >= 0.6 is 11.3 Å². The van der Waals surface area contributed by atoms with Crippen LogP contribution in [-0.2, 0) is 4.79 Å². The standard InChI is InChI=1S/C19H16N2OS/c1-14-4-2-5-15(12-14)13-17(18-6-3-11-23-18)19(22)21-16-7-9-20-10-8-16/h2-13H,1H3,(H,20,21,22)/b17-13+. The fourth-order valence-corrected chi connectivity index (χ4v) is 2.98. The van der Waals surface area contributed by atoms with Crippen molar-refractivity contribution in [2.24, 2.45) is 0 Å². The zero-order chi connectivity index (χ0) is 16.1. The number of pyridine rings is 1. The fraction of sp³-hybridized carbons (Fsp3) is 0.0526. The van der Waals surface area contributed by atoms with Gasteiger partial charge in [0.15, 0.2) is 0 Å². The summed E-state index contributed by atoms with van der Waals surface area (Å²) in [7, 11) is 0. The van der Waals surface area contributed by atoms with E-state index in [1.807, 2.05) is 48.7 Å². The zero-order valence-corrected chi connectivity index (χ0v) is 13.5. The van der Waals surface area contributed by atoms with Crippen LogP contribution in [0.1, 0.15) is 16.0 Å². The molecule has 0 spiro atoms. The largest absolute Gasteiger partial charge is 0.322 e. The van der Waals surface area contributed by atoms with E-state index in [1.165, 1.54) is 5.56 Å². The van der Waals surface area contributed by atoms with Crippen molar-refractivity contribution in [3.05, 3.63) is 82.3 Å². The Balaban J connectivity index is 1.95. The number of rotatable bonds is 4. The average molecular weight is 320 g/mol. The first-order chi connectivity index (χ1) is 11.2. The SMILES string of the molecule is Cc1cccc(/C=C(/C(=O)Nc2ccncc2)c2cccs2)c1. The van der Waals surface area contributed by atoms with E-state index in [4.69, 9.17) is 0 Å². The highest BCUT2D eigenvalue weighted by Crippen LogP contribution is 2.24. The summed E-state index contributed by atoms with van der Waals surface area (Å²) in [5.74, 6) is -0.125. The van der Waals surface area contributed by atoms with Gasteiger partial charge in [-0.3, -0.25) is 9.78 Å². The van der Waals surface area contributed by atoms with Gasteiger partial charge in [-0.05, 0) is 42.1 Å². The molecule has 0 saturated carbocycles. The minimum Gasteiger partial charge on any atom is -0.322 e. The minimum atomic E-state index is -0.125. The third-order valence-electron chi connectivity index (χ3n) is 3.32. The molecular formula is C19H16N2OS. The molecule has 0 aliphatic heterocycles. The molecule has 3 nitrogen and oxygen atoms in total. The Hall–Kier alpha value is -2.72. The molecule has 0 atom stereocenters. The maximum atomic E-state index is 12.7. The molecule has 0 radical (unpaired) electrons. The summed E-state index contributed by atoms with van der Waals surface area (Å²) in [6.45, 7) is 2.04. The van der Waals surface area contributed by atoms with Crippen molar-refractivity contribution in [3.63, 3.8) is 0 Å². The molecule has 2 aromatic heterocycles. The van der Waals surface area contributed by atoms with Crippen LogP contribution in [0.2, 0.25) is 0 Å². The van der Waals surface area contributed by atoms with Crippen LogP contribution in [0.3, 0.4) is 0 Å². The van der Waals surface area contributed by atoms with Gasteiger partial charge >= 0.3 is 0 Å². The van der Waals surface area contributed by atoms with Crippen molar-refractivity contribution >= 4 is 34.6 Å². The van der Waals surface area contributed by atoms with Crippen LogP contribution in [-0.4, -0.2) is 10.9 Å². The Kier molecular flexibility index (Phi) is 4.64. The summed E-state index contributed by atoms with van der Waals surface area (Å²) in [4.78, 5) is 17.6. The van der Waals surface area contributed by atoms with Crippen molar-refractivity contribution in [2.75, 3.05) is 5.32 Å². The molecule has 3 rings (SSSR count). The van der Waals surface area contributed by atoms with Crippen LogP contribution in [0.5, 0.6) is 0 Å². The van der Waals surface area contributed by atoms with E-state index in [1.54, 1.807) is 35.9 Å². The zero-order valence-electron chi connectivity index (χ0n) is 12.7. The molecule has 2 heterocycles. The lowest BCUT2D eigenvalue weighted by Crippen LogP contribution is -2.13. The minimum absolute atomic E-state index is 0.125. The molecule has 0 fully saturated rings. The van der Waals surface area contributed by atoms with E-state index in [0.717, 1.165) is 16.1 Å². The molecule has 0 aliphatic rings. The molecule has 0 bridgehead atoms. The summed E-state index contributed by atoms with van der Waals surface area (Å²) in [6.07, 6.45) is 5.24. The number of hydrogen-bond donors (Lipinski definition) is 1. The number of aryl methyl sites for hydroxylation is 1. The number of nitrogens with zero attached hydrogens (tertiary/aromatic N) is 1. The second-order valence-corrected chi connectivity index (χ2v) is 6.09. The van der Waals surface area contributed by atoms with Crippen LogP contribution in [0.15, 0.2) is 66.3 Å². The van der Waals surface area contributed by atoms with Crippen molar-refractivity contribution in [1.29, 1.82) is 0 Å². The van der Waals surface area contributed by atoms with Crippen molar-refractivity contribution in [3.8, 4) is 0 Å². The maximum absolute atomic E-state index is 12.7. The van der Waals surface area contributed by atoms with Crippen LogP contribution in [0, 0.1) is 6.92 Å². The summed E-state index contributed by atoms with van der Waals surface area (Å²) in [5.41, 5.74) is 3.57. The van der Waals surface area contributed by atoms with Gasteiger partial charge in [0, 0.05) is 23.0 Å². The number of hydrogen-bond acceptors (Lipinski definition) is 3. The maximum Gasteiger partial charge on any atom is 0.257 e. The van der Waals surface area contributed by atoms with E-state index in [9.17, 15) is 4.79 Å². The Morgan fingerprint density at radius 1 is 1.13 bits per heavy atom. The second kappa shape index (κ2) is 7.03. The first-order valence-electron chi connectivity index (χ1n) is 7.26. The highest BCUT2D eigenvalue weighted by Gasteiger charge is 2.13. The van der Waals surface area contributed by atoms with Crippen LogP contribution in [0.4, 0.5) is 5.69 Å². The Bertz CT molecular complexity index is 824. The fourth-order valence-electron chi connectivity index (χ4n) is 2.24. The monoisotopic (exact) mass is 320 g/mol. The molecule has 0 saturated heterocycles. The lowest BCUT2D eigenvalue weighted by Gasteiger charge is -2.08. The Labute approximate surface area is 139 Å². The molecule has 1 N–H and O–H groups in total. The predicted molar refractivity (Wildman–Crippen MR) is 96.2 cm³/mol. The van der Waals surface area contributed by atoms with E-state index in [0.29, 0.717) is 5.57 Å². The molecule has 114 valence electrons. The van der Waals surface area contributed by atoms with Gasteiger partial charge in [-0.2, -0.15) is 0 Å². The van der Waals surface area contributed by atoms with Crippen molar-refractivity contribution < 1.29 is 4.79 Å². The number of benzene rings is 1. The van der Waals surface area contributed by atoms with Crippen molar-refractivity contribution in [1.82, 2.24) is 4.98 Å². The Morgan fingerprint density at radius 2 is 1.96 bits per heavy atom. The number of thiophene rings is 1. The second-order valence-electron chi connectivity index (χ2n) is 5.14. The Morgan fingerprint density at radius 3 is 2.65 bits per heavy atom. The number of carbonyl (C=O) groups excluding carboxylic acids is 1. The number of carbonyl (C=O) groups is 1. The first-order valence-corrected chi connectivity index (χ1v) is 8.14. The number of anilines is 1. The number of aromatic nitrogens is 1. The van der Waals surface area contributed by atoms with Gasteiger partial charge in [-0.1, -0.05) is 35.9 Å². The number of nitrogens with one attached hydrogen (secondary N) is 1. The topological polar surface area (TPSA) is 42.0 Å². The van der Waals surface area contributed by atoms with Gasteiger partial charge in [0.1, 0.15) is 0 Å². The molecule has 3 aromatic rings. The third-order valence-corrected chi connectivity index (χ3v) is 4.23. The van der Waals surface area contributed by atoms with Crippen molar-refractivity contribution in [2.45, 2.75) is 6.92 Å². The molecular weight excluding hydrogens is 304 g/mol. The lowest BCUT2D eigenvalue weighted by molar-refractivity contribution is -0.111. The molecule has 0 unspecified atom stereocenters. The van der Waals surface area contributed by atoms with Crippen LogP contribution in [0.25, 0.3) is 11.6 Å². The van der Waals surface area contributed by atoms with E-state index in [2.05, 4.69) is 16.4 Å². The van der Waals surface area contributed by atoms with Gasteiger partial charge in [-0.15, -0.1) is 11.3 Å². The normalized spacial score (nSPS) is 11.3. The van der Waals surface area contributed by atoms with E-state index >= 15 is 0 Å². The van der Waals surface area contributed by atoms with Gasteiger partial charge < -0.3 is 5.32 Å². The summed E-state index contributed by atoms with van der Waals surface area (Å²) in [6, 6.07) is 15.6. The van der Waals surface area contributed by atoms with Gasteiger partial charge in [0.05, 0.1) is 5.57 Å². The predicted octanol–water partition coefficient (Wildman–Crippen LogP) is 4.63. The first kappa shape index (κ1) is 15.2. The summed E-state index contributed by atoms with van der Waals surface area (Å²) in [5, 5.41) is 4.90. The number of amides is 1. The third kappa shape index (κ3) is 3.93. The average Bonchev–Trinajstić information content (AvgIpc) is 3.07. The summed E-state index contributed by atoms with van der Waals surface area (Å²) >= 11 is 1.55. The molecule has 1 amide bonds. The molecule has 4 heteroatoms.